The number of nitrogens with zero attached hydrogens (tertiary/aromatic N) is 1. The van der Waals surface area contributed by atoms with Crippen LogP contribution < -0.4 is 10.6 Å². The summed E-state index contributed by atoms with van der Waals surface area (Å²) in [6.07, 6.45) is 1.46. The molecule has 1 aliphatic heterocycles. The van der Waals surface area contributed by atoms with E-state index < -0.39 is 0 Å². The molecule has 1 aromatic rings. The van der Waals surface area contributed by atoms with Gasteiger partial charge in [0.05, 0.1) is 0 Å². The Bertz CT molecular complexity index is 453. The molecule has 1 aromatic carbocycles. The first kappa shape index (κ1) is 14.4. The normalized spacial score (nSPS) is 15.8. The lowest BCUT2D eigenvalue weighted by Crippen LogP contribution is -2.44. The van der Waals surface area contributed by atoms with Crippen molar-refractivity contribution >= 4 is 17.6 Å². The summed E-state index contributed by atoms with van der Waals surface area (Å²) in [6, 6.07) is 9.31. The van der Waals surface area contributed by atoms with Gasteiger partial charge in [-0.2, -0.15) is 0 Å². The van der Waals surface area contributed by atoms with Crippen molar-refractivity contribution in [2.45, 2.75) is 19.8 Å². The highest BCUT2D eigenvalue weighted by Crippen LogP contribution is 2.18. The van der Waals surface area contributed by atoms with Crippen LogP contribution in [-0.4, -0.2) is 36.5 Å². The van der Waals surface area contributed by atoms with Gasteiger partial charge in [0.25, 0.3) is 0 Å². The van der Waals surface area contributed by atoms with Gasteiger partial charge in [-0.05, 0) is 31.9 Å². The Morgan fingerprint density at radius 3 is 2.45 bits per heavy atom. The second-order valence-electron chi connectivity index (χ2n) is 4.95. The number of rotatable bonds is 3. The van der Waals surface area contributed by atoms with E-state index in [2.05, 4.69) is 10.6 Å². The van der Waals surface area contributed by atoms with Crippen LogP contribution in [0.25, 0.3) is 0 Å². The van der Waals surface area contributed by atoms with Crippen molar-refractivity contribution in [2.24, 2.45) is 5.92 Å². The van der Waals surface area contributed by atoms with E-state index in [0.29, 0.717) is 19.6 Å². The summed E-state index contributed by atoms with van der Waals surface area (Å²) in [5, 5.41) is 5.71. The first-order valence-electron chi connectivity index (χ1n) is 7.09. The van der Waals surface area contributed by atoms with E-state index in [0.717, 1.165) is 18.5 Å². The van der Waals surface area contributed by atoms with E-state index in [1.165, 1.54) is 0 Å². The molecule has 2 rings (SSSR count). The quantitative estimate of drug-likeness (QED) is 0.887. The van der Waals surface area contributed by atoms with Crippen LogP contribution in [0, 0.1) is 5.92 Å². The molecule has 0 aromatic heterocycles. The van der Waals surface area contributed by atoms with Crippen molar-refractivity contribution in [3.05, 3.63) is 30.3 Å². The average Bonchev–Trinajstić information content (AvgIpc) is 2.48. The van der Waals surface area contributed by atoms with Gasteiger partial charge in [0.2, 0.25) is 5.91 Å². The molecule has 1 heterocycles. The Morgan fingerprint density at radius 1 is 1.20 bits per heavy atom. The fourth-order valence-corrected chi connectivity index (χ4v) is 2.39. The van der Waals surface area contributed by atoms with Gasteiger partial charge in [0.1, 0.15) is 0 Å². The zero-order valence-electron chi connectivity index (χ0n) is 11.8. The van der Waals surface area contributed by atoms with Gasteiger partial charge < -0.3 is 15.5 Å². The smallest absolute Gasteiger partial charge is 0.321 e. The van der Waals surface area contributed by atoms with Gasteiger partial charge in [-0.15, -0.1) is 0 Å². The first-order chi connectivity index (χ1) is 9.70. The zero-order valence-corrected chi connectivity index (χ0v) is 11.8. The molecule has 2 N–H and O–H groups in total. The molecule has 0 radical (unpaired) electrons. The molecule has 0 unspecified atom stereocenters. The van der Waals surface area contributed by atoms with Crippen molar-refractivity contribution in [3.8, 4) is 0 Å². The first-order valence-corrected chi connectivity index (χ1v) is 7.09. The highest BCUT2D eigenvalue weighted by molar-refractivity contribution is 5.89. The van der Waals surface area contributed by atoms with Crippen LogP contribution in [0.2, 0.25) is 0 Å². The molecule has 20 heavy (non-hydrogen) atoms. The summed E-state index contributed by atoms with van der Waals surface area (Å²) in [5.41, 5.74) is 0.795. The summed E-state index contributed by atoms with van der Waals surface area (Å²) in [5.74, 6) is 0.145. The van der Waals surface area contributed by atoms with E-state index in [9.17, 15) is 9.59 Å². The Kier molecular flexibility index (Phi) is 4.98. The van der Waals surface area contributed by atoms with Crippen LogP contribution in [0.3, 0.4) is 0 Å². The number of para-hydroxylation sites is 1. The van der Waals surface area contributed by atoms with Gasteiger partial charge in [-0.1, -0.05) is 18.2 Å². The van der Waals surface area contributed by atoms with Crippen LogP contribution in [-0.2, 0) is 4.79 Å². The second kappa shape index (κ2) is 6.93. The summed E-state index contributed by atoms with van der Waals surface area (Å²) < 4.78 is 0. The summed E-state index contributed by atoms with van der Waals surface area (Å²) in [7, 11) is 0. The minimum absolute atomic E-state index is 0.0377. The summed E-state index contributed by atoms with van der Waals surface area (Å²) in [4.78, 5) is 25.6. The predicted molar refractivity (Wildman–Crippen MR) is 78.4 cm³/mol. The third kappa shape index (κ3) is 3.73. The molecular weight excluding hydrogens is 254 g/mol. The number of hydrogen-bond acceptors (Lipinski definition) is 2. The standard InChI is InChI=1S/C15H21N3O2/c1-2-16-14(19)12-8-10-18(11-9-12)15(20)17-13-6-4-3-5-7-13/h3-7,12H,2,8-11H2,1H3,(H,16,19)(H,17,20). The highest BCUT2D eigenvalue weighted by Gasteiger charge is 2.26. The van der Waals surface area contributed by atoms with Crippen LogP contribution in [0.4, 0.5) is 10.5 Å². The van der Waals surface area contributed by atoms with Gasteiger partial charge in [0.15, 0.2) is 0 Å². The van der Waals surface area contributed by atoms with E-state index in [1.807, 2.05) is 37.3 Å². The summed E-state index contributed by atoms with van der Waals surface area (Å²) in [6.45, 7) is 3.83. The molecule has 0 bridgehead atoms. The third-order valence-corrected chi connectivity index (χ3v) is 3.53. The fourth-order valence-electron chi connectivity index (χ4n) is 2.39. The molecule has 0 aliphatic carbocycles. The number of hydrogen-bond donors (Lipinski definition) is 2. The second-order valence-corrected chi connectivity index (χ2v) is 4.95. The maximum Gasteiger partial charge on any atom is 0.321 e. The molecule has 0 saturated carbocycles. The van der Waals surface area contributed by atoms with Gasteiger partial charge in [0, 0.05) is 31.2 Å². The third-order valence-electron chi connectivity index (χ3n) is 3.53. The van der Waals surface area contributed by atoms with Crippen molar-refractivity contribution in [1.82, 2.24) is 10.2 Å². The number of likely N-dealkylation sites (tertiary alicyclic amines) is 1. The molecule has 5 heteroatoms. The minimum atomic E-state index is -0.0921. The zero-order chi connectivity index (χ0) is 14.4. The topological polar surface area (TPSA) is 61.4 Å². The number of benzene rings is 1. The molecule has 3 amide bonds. The van der Waals surface area contributed by atoms with E-state index >= 15 is 0 Å². The molecule has 108 valence electrons. The van der Waals surface area contributed by atoms with Crippen molar-refractivity contribution in [1.29, 1.82) is 0 Å². The van der Waals surface area contributed by atoms with Crippen molar-refractivity contribution in [3.63, 3.8) is 0 Å². The molecule has 5 nitrogen and oxygen atoms in total. The predicted octanol–water partition coefficient (Wildman–Crippen LogP) is 2.07. The maximum atomic E-state index is 12.1. The van der Waals surface area contributed by atoms with Gasteiger partial charge in [-0.25, -0.2) is 4.79 Å². The molecule has 0 atom stereocenters. The number of urea groups is 1. The number of carbonyl (C=O) groups is 2. The van der Waals surface area contributed by atoms with E-state index in [-0.39, 0.29) is 17.9 Å². The lowest BCUT2D eigenvalue weighted by atomic mass is 9.96. The van der Waals surface area contributed by atoms with Crippen molar-refractivity contribution < 1.29 is 9.59 Å². The SMILES string of the molecule is CCNC(=O)C1CCN(C(=O)Nc2ccccc2)CC1. The fraction of sp³-hybridized carbons (Fsp3) is 0.467. The monoisotopic (exact) mass is 275 g/mol. The van der Waals surface area contributed by atoms with Gasteiger partial charge in [-0.3, -0.25) is 4.79 Å². The van der Waals surface area contributed by atoms with Crippen LogP contribution in [0.5, 0.6) is 0 Å². The summed E-state index contributed by atoms with van der Waals surface area (Å²) >= 11 is 0. The van der Waals surface area contributed by atoms with E-state index in [1.54, 1.807) is 4.90 Å². The Balaban J connectivity index is 1.81. The average molecular weight is 275 g/mol. The largest absolute Gasteiger partial charge is 0.356 e. The molecule has 1 saturated heterocycles. The van der Waals surface area contributed by atoms with Crippen LogP contribution in [0.15, 0.2) is 30.3 Å². The lowest BCUT2D eigenvalue weighted by Gasteiger charge is -2.31. The molecule has 1 fully saturated rings. The maximum absolute atomic E-state index is 12.1. The molecule has 0 spiro atoms. The Labute approximate surface area is 119 Å². The Morgan fingerprint density at radius 2 is 1.85 bits per heavy atom. The number of amides is 3. The van der Waals surface area contributed by atoms with Crippen molar-refractivity contribution in [2.75, 3.05) is 25.0 Å². The Hall–Kier alpha value is -2.04. The minimum Gasteiger partial charge on any atom is -0.356 e. The highest BCUT2D eigenvalue weighted by atomic mass is 16.2. The molecule has 1 aliphatic rings. The van der Waals surface area contributed by atoms with Gasteiger partial charge >= 0.3 is 6.03 Å². The number of nitrogens with one attached hydrogen (secondary N) is 2. The van der Waals surface area contributed by atoms with Crippen LogP contribution in [0.1, 0.15) is 19.8 Å². The number of carbonyl (C=O) groups excluding carboxylic acids is 2. The lowest BCUT2D eigenvalue weighted by molar-refractivity contribution is -0.126. The van der Waals surface area contributed by atoms with Crippen LogP contribution >= 0.6 is 0 Å². The molecular formula is C15H21N3O2. The van der Waals surface area contributed by atoms with E-state index in [4.69, 9.17) is 0 Å². The number of piperidine rings is 1. The number of anilines is 1.